The number of nitrogens with one attached hydrogen (secondary N) is 1. The first kappa shape index (κ1) is 20.5. The third-order valence-electron chi connectivity index (χ3n) is 5.32. The molecule has 2 aromatic carbocycles. The van der Waals surface area contributed by atoms with E-state index in [1.807, 2.05) is 49.4 Å². The Hall–Kier alpha value is -3.43. The van der Waals surface area contributed by atoms with Crippen LogP contribution in [0.5, 0.6) is 5.75 Å². The molecule has 164 valence electrons. The predicted molar refractivity (Wildman–Crippen MR) is 122 cm³/mol. The number of amides is 1. The standard InChI is InChI=1S/C23H22N4O4S/c1-14-3-5-16(20(9-14)29-2)17-11-22(32-26-17)25-23(28)31-12-15-4-6-19-18(10-15)24-21-13-30-8-7-27(19)21/h3-6,9-11H,7-8,12-13H2,1-2H3,(H,25,28). The van der Waals surface area contributed by atoms with Gasteiger partial charge in [0.25, 0.3) is 0 Å². The molecule has 0 radical (unpaired) electrons. The zero-order valence-corrected chi connectivity index (χ0v) is 18.6. The molecule has 0 fully saturated rings. The van der Waals surface area contributed by atoms with Crippen molar-refractivity contribution in [3.05, 3.63) is 59.4 Å². The first-order valence-corrected chi connectivity index (χ1v) is 11.0. The fourth-order valence-electron chi connectivity index (χ4n) is 3.75. The lowest BCUT2D eigenvalue weighted by atomic mass is 10.1. The lowest BCUT2D eigenvalue weighted by Crippen LogP contribution is -2.16. The molecule has 2 aromatic heterocycles. The van der Waals surface area contributed by atoms with Crippen molar-refractivity contribution in [3.8, 4) is 17.0 Å². The number of carbonyl (C=O) groups excluding carboxylic acids is 1. The maximum Gasteiger partial charge on any atom is 0.412 e. The van der Waals surface area contributed by atoms with E-state index in [0.717, 1.165) is 51.5 Å². The fourth-order valence-corrected chi connectivity index (χ4v) is 4.39. The first-order valence-electron chi connectivity index (χ1n) is 10.2. The summed E-state index contributed by atoms with van der Waals surface area (Å²) in [7, 11) is 1.63. The number of methoxy groups -OCH3 is 1. The van der Waals surface area contributed by atoms with Crippen LogP contribution in [0.15, 0.2) is 42.5 Å². The molecule has 32 heavy (non-hydrogen) atoms. The summed E-state index contributed by atoms with van der Waals surface area (Å²) in [6, 6.07) is 13.6. The highest BCUT2D eigenvalue weighted by molar-refractivity contribution is 7.10. The number of fused-ring (bicyclic) bond motifs is 3. The minimum atomic E-state index is -0.534. The van der Waals surface area contributed by atoms with Gasteiger partial charge in [-0.2, -0.15) is 4.37 Å². The van der Waals surface area contributed by atoms with Crippen molar-refractivity contribution in [3.63, 3.8) is 0 Å². The van der Waals surface area contributed by atoms with Crippen LogP contribution in [0.3, 0.4) is 0 Å². The highest BCUT2D eigenvalue weighted by Gasteiger charge is 2.16. The van der Waals surface area contributed by atoms with Gasteiger partial charge in [-0.1, -0.05) is 12.1 Å². The molecule has 9 heteroatoms. The number of ether oxygens (including phenoxy) is 3. The third-order valence-corrected chi connectivity index (χ3v) is 6.03. The molecule has 3 heterocycles. The average molecular weight is 451 g/mol. The number of nitrogens with zero attached hydrogens (tertiary/aromatic N) is 3. The summed E-state index contributed by atoms with van der Waals surface area (Å²) in [5.74, 6) is 1.67. The molecule has 0 spiro atoms. The van der Waals surface area contributed by atoms with Gasteiger partial charge in [-0.3, -0.25) is 5.32 Å². The van der Waals surface area contributed by atoms with Gasteiger partial charge in [0.2, 0.25) is 0 Å². The number of rotatable bonds is 5. The van der Waals surface area contributed by atoms with Gasteiger partial charge in [0, 0.05) is 18.2 Å². The summed E-state index contributed by atoms with van der Waals surface area (Å²) >= 11 is 1.19. The van der Waals surface area contributed by atoms with E-state index in [4.69, 9.17) is 14.2 Å². The highest BCUT2D eigenvalue weighted by atomic mass is 32.1. The van der Waals surface area contributed by atoms with Crippen LogP contribution in [0.1, 0.15) is 17.0 Å². The lowest BCUT2D eigenvalue weighted by Gasteiger charge is -2.14. The van der Waals surface area contributed by atoms with Crippen molar-refractivity contribution in [1.82, 2.24) is 13.9 Å². The summed E-state index contributed by atoms with van der Waals surface area (Å²) in [6.45, 7) is 4.17. The highest BCUT2D eigenvalue weighted by Crippen LogP contribution is 2.33. The normalized spacial score (nSPS) is 13.1. The molecule has 0 saturated carbocycles. The quantitative estimate of drug-likeness (QED) is 0.472. The Labute approximate surface area is 188 Å². The number of aryl methyl sites for hydroxylation is 1. The van der Waals surface area contributed by atoms with E-state index in [1.165, 1.54) is 11.5 Å². The molecule has 1 amide bonds. The smallest absolute Gasteiger partial charge is 0.412 e. The molecular formula is C23H22N4O4S. The van der Waals surface area contributed by atoms with Crippen LogP contribution < -0.4 is 10.1 Å². The minimum absolute atomic E-state index is 0.151. The van der Waals surface area contributed by atoms with Gasteiger partial charge in [-0.05, 0) is 53.8 Å². The van der Waals surface area contributed by atoms with Crippen molar-refractivity contribution in [2.75, 3.05) is 19.0 Å². The van der Waals surface area contributed by atoms with Gasteiger partial charge in [0.15, 0.2) is 0 Å². The molecule has 5 rings (SSSR count). The number of aromatic nitrogens is 3. The van der Waals surface area contributed by atoms with E-state index in [-0.39, 0.29) is 6.61 Å². The maximum absolute atomic E-state index is 12.3. The first-order chi connectivity index (χ1) is 15.6. The molecular weight excluding hydrogens is 428 g/mol. The van der Waals surface area contributed by atoms with Gasteiger partial charge < -0.3 is 18.8 Å². The minimum Gasteiger partial charge on any atom is -0.496 e. The monoisotopic (exact) mass is 450 g/mol. The van der Waals surface area contributed by atoms with E-state index in [9.17, 15) is 4.79 Å². The Morgan fingerprint density at radius 3 is 3.03 bits per heavy atom. The van der Waals surface area contributed by atoms with Crippen LogP contribution in [0, 0.1) is 6.92 Å². The third kappa shape index (κ3) is 4.04. The van der Waals surface area contributed by atoms with Gasteiger partial charge in [0.05, 0.1) is 30.4 Å². The SMILES string of the molecule is COc1cc(C)ccc1-c1cc(NC(=O)OCc2ccc3c(c2)nc2n3CCOC2)sn1. The summed E-state index contributed by atoms with van der Waals surface area (Å²) < 4.78 is 22.9. The van der Waals surface area contributed by atoms with E-state index >= 15 is 0 Å². The van der Waals surface area contributed by atoms with Gasteiger partial charge in [0.1, 0.15) is 29.8 Å². The number of hydrogen-bond donors (Lipinski definition) is 1. The van der Waals surface area contributed by atoms with E-state index in [0.29, 0.717) is 18.2 Å². The van der Waals surface area contributed by atoms with Crippen LogP contribution >= 0.6 is 11.5 Å². The summed E-state index contributed by atoms with van der Waals surface area (Å²) in [6.07, 6.45) is -0.534. The molecule has 0 unspecified atom stereocenters. The Balaban J connectivity index is 1.23. The van der Waals surface area contributed by atoms with Crippen molar-refractivity contribution < 1.29 is 19.0 Å². The van der Waals surface area contributed by atoms with Crippen LogP contribution in [0.25, 0.3) is 22.3 Å². The number of carbonyl (C=O) groups is 1. The molecule has 0 bridgehead atoms. The maximum atomic E-state index is 12.3. The molecule has 1 aliphatic rings. The van der Waals surface area contributed by atoms with Crippen LogP contribution in [0.2, 0.25) is 0 Å². The summed E-state index contributed by atoms with van der Waals surface area (Å²) in [5, 5.41) is 3.35. The zero-order valence-electron chi connectivity index (χ0n) is 17.8. The Morgan fingerprint density at radius 2 is 2.16 bits per heavy atom. The van der Waals surface area contributed by atoms with Gasteiger partial charge in [-0.15, -0.1) is 0 Å². The van der Waals surface area contributed by atoms with Crippen LogP contribution in [0.4, 0.5) is 9.80 Å². The summed E-state index contributed by atoms with van der Waals surface area (Å²) in [4.78, 5) is 16.9. The van der Waals surface area contributed by atoms with Crippen molar-refractivity contribution in [2.24, 2.45) is 0 Å². The predicted octanol–water partition coefficient (Wildman–Crippen LogP) is 4.76. The van der Waals surface area contributed by atoms with Crippen molar-refractivity contribution in [2.45, 2.75) is 26.7 Å². The van der Waals surface area contributed by atoms with E-state index in [2.05, 4.69) is 19.2 Å². The van der Waals surface area contributed by atoms with Crippen LogP contribution in [-0.2, 0) is 29.2 Å². The second-order valence-electron chi connectivity index (χ2n) is 7.54. The molecule has 4 aromatic rings. The van der Waals surface area contributed by atoms with Crippen molar-refractivity contribution in [1.29, 1.82) is 0 Å². The molecule has 1 N–H and O–H groups in total. The second-order valence-corrected chi connectivity index (χ2v) is 8.34. The number of benzene rings is 2. The molecule has 1 aliphatic heterocycles. The van der Waals surface area contributed by atoms with E-state index < -0.39 is 6.09 Å². The largest absolute Gasteiger partial charge is 0.496 e. The van der Waals surface area contributed by atoms with E-state index in [1.54, 1.807) is 7.11 Å². The zero-order chi connectivity index (χ0) is 22.1. The lowest BCUT2D eigenvalue weighted by molar-refractivity contribution is 0.0830. The number of hydrogen-bond acceptors (Lipinski definition) is 7. The Bertz CT molecular complexity index is 1300. The number of imidazole rings is 1. The molecule has 8 nitrogen and oxygen atoms in total. The summed E-state index contributed by atoms with van der Waals surface area (Å²) in [5.41, 5.74) is 5.53. The van der Waals surface area contributed by atoms with Gasteiger partial charge in [-0.25, -0.2) is 9.78 Å². The average Bonchev–Trinajstić information content (AvgIpc) is 3.41. The van der Waals surface area contributed by atoms with Crippen LogP contribution in [-0.4, -0.2) is 33.7 Å². The number of anilines is 1. The fraction of sp³-hybridized carbons (Fsp3) is 0.261. The second kappa shape index (κ2) is 8.60. The molecule has 0 atom stereocenters. The van der Waals surface area contributed by atoms with Gasteiger partial charge >= 0.3 is 6.09 Å². The molecule has 0 saturated heterocycles. The Kier molecular flexibility index (Phi) is 5.50. The topological polar surface area (TPSA) is 87.5 Å². The molecule has 0 aliphatic carbocycles. The van der Waals surface area contributed by atoms with Crippen molar-refractivity contribution >= 4 is 33.7 Å². The Morgan fingerprint density at radius 1 is 1.25 bits per heavy atom.